The SMILES string of the molecule is COC(=O)C[C@H](CN1CC2(CCN(Cc3ccc4c(n3)NCCC4)CC2(F)F)C1)c1cncc(-n2nc(C)cc2C)c1. The third kappa shape index (κ3) is 5.64. The van der Waals surface area contributed by atoms with Crippen LogP contribution in [0.15, 0.2) is 36.7 Å². The molecular formula is C31H39F2N7O2. The van der Waals surface area contributed by atoms with E-state index in [1.807, 2.05) is 46.5 Å². The summed E-state index contributed by atoms with van der Waals surface area (Å²) in [7, 11) is 1.37. The number of hydrogen-bond donors (Lipinski definition) is 1. The van der Waals surface area contributed by atoms with Crippen LogP contribution in [0.1, 0.15) is 53.4 Å². The van der Waals surface area contributed by atoms with Crippen molar-refractivity contribution in [1.82, 2.24) is 29.5 Å². The summed E-state index contributed by atoms with van der Waals surface area (Å²) in [6.45, 7) is 6.65. The van der Waals surface area contributed by atoms with Gasteiger partial charge in [0.1, 0.15) is 5.82 Å². The summed E-state index contributed by atoms with van der Waals surface area (Å²) >= 11 is 0. The Bertz CT molecular complexity index is 1450. The van der Waals surface area contributed by atoms with E-state index >= 15 is 8.78 Å². The molecule has 3 aromatic heterocycles. The zero-order valence-electron chi connectivity index (χ0n) is 24.6. The number of alkyl halides is 2. The number of nitrogens with one attached hydrogen (secondary N) is 1. The van der Waals surface area contributed by atoms with Gasteiger partial charge in [-0.2, -0.15) is 5.10 Å². The minimum Gasteiger partial charge on any atom is -0.469 e. The topological polar surface area (TPSA) is 88.4 Å². The van der Waals surface area contributed by atoms with Crippen molar-refractivity contribution in [2.75, 3.05) is 51.7 Å². The van der Waals surface area contributed by atoms with Gasteiger partial charge in [-0.25, -0.2) is 18.4 Å². The number of halogens is 2. The van der Waals surface area contributed by atoms with Gasteiger partial charge < -0.3 is 15.0 Å². The first-order valence-corrected chi connectivity index (χ1v) is 14.8. The first-order valence-electron chi connectivity index (χ1n) is 14.8. The summed E-state index contributed by atoms with van der Waals surface area (Å²) in [4.78, 5) is 25.4. The number of piperidine rings is 1. The minimum atomic E-state index is -2.82. The fraction of sp³-hybridized carbons (Fsp3) is 0.548. The molecule has 0 bridgehead atoms. The van der Waals surface area contributed by atoms with Crippen molar-refractivity contribution >= 4 is 11.8 Å². The Balaban J connectivity index is 1.11. The normalized spacial score (nSPS) is 20.4. The molecule has 1 spiro atoms. The van der Waals surface area contributed by atoms with Gasteiger partial charge >= 0.3 is 5.97 Å². The molecule has 6 rings (SSSR count). The Morgan fingerprint density at radius 3 is 2.71 bits per heavy atom. The smallest absolute Gasteiger partial charge is 0.306 e. The molecule has 0 aromatic carbocycles. The second kappa shape index (κ2) is 11.3. The average molecular weight is 580 g/mol. The molecule has 6 heterocycles. The third-order valence-corrected chi connectivity index (χ3v) is 9.08. The van der Waals surface area contributed by atoms with Crippen LogP contribution in [0.5, 0.6) is 0 Å². The van der Waals surface area contributed by atoms with E-state index in [1.165, 1.54) is 12.7 Å². The maximum absolute atomic E-state index is 15.7. The number of methoxy groups -OCH3 is 1. The van der Waals surface area contributed by atoms with Crippen LogP contribution >= 0.6 is 0 Å². The van der Waals surface area contributed by atoms with Crippen LogP contribution in [-0.2, 0) is 22.5 Å². The Morgan fingerprint density at radius 1 is 1.14 bits per heavy atom. The lowest BCUT2D eigenvalue weighted by Gasteiger charge is -2.58. The first kappa shape index (κ1) is 28.7. The number of likely N-dealkylation sites (tertiary alicyclic amines) is 2. The molecule has 2 saturated heterocycles. The first-order chi connectivity index (χ1) is 20.1. The number of anilines is 1. The molecular weight excluding hydrogens is 540 g/mol. The van der Waals surface area contributed by atoms with Crippen molar-refractivity contribution in [3.8, 4) is 5.69 Å². The zero-order chi connectivity index (χ0) is 29.5. The van der Waals surface area contributed by atoms with Crippen LogP contribution in [0.4, 0.5) is 14.6 Å². The molecule has 0 aliphatic carbocycles. The number of aryl methyl sites for hydroxylation is 3. The van der Waals surface area contributed by atoms with Gasteiger partial charge in [0, 0.05) is 50.5 Å². The lowest BCUT2D eigenvalue weighted by atomic mass is 9.68. The van der Waals surface area contributed by atoms with E-state index in [1.54, 1.807) is 12.4 Å². The average Bonchev–Trinajstić information content (AvgIpc) is 3.30. The zero-order valence-corrected chi connectivity index (χ0v) is 24.6. The number of hydrogen-bond acceptors (Lipinski definition) is 8. The quantitative estimate of drug-likeness (QED) is 0.399. The largest absolute Gasteiger partial charge is 0.469 e. The van der Waals surface area contributed by atoms with Gasteiger partial charge in [-0.1, -0.05) is 6.07 Å². The van der Waals surface area contributed by atoms with E-state index in [4.69, 9.17) is 9.72 Å². The predicted molar refractivity (Wildman–Crippen MR) is 155 cm³/mol. The van der Waals surface area contributed by atoms with Gasteiger partial charge in [-0.05, 0) is 69.0 Å². The second-order valence-corrected chi connectivity index (χ2v) is 12.2. The van der Waals surface area contributed by atoms with E-state index in [-0.39, 0.29) is 24.9 Å². The standard InChI is InChI=1S/C31H39F2N7O2/c1-21-11-22(2)40(37-21)27-12-24(14-34-15-27)25(13-28(41)42-3)16-39-18-30(19-39)8-10-38(20-31(30,32)33)17-26-7-6-23-5-4-9-35-29(23)36-26/h6-7,11-12,14-15,25H,4-5,8-10,13,16-20H2,1-3H3,(H,35,36)/t25-/m1/s1. The lowest BCUT2D eigenvalue weighted by molar-refractivity contribution is -0.226. The molecule has 0 unspecified atom stereocenters. The Hall–Kier alpha value is -3.44. The van der Waals surface area contributed by atoms with Gasteiger partial charge in [0.15, 0.2) is 0 Å². The second-order valence-electron chi connectivity index (χ2n) is 12.2. The number of fused-ring (bicyclic) bond motifs is 1. The van der Waals surface area contributed by atoms with Crippen LogP contribution < -0.4 is 5.32 Å². The van der Waals surface area contributed by atoms with E-state index in [9.17, 15) is 4.79 Å². The minimum absolute atomic E-state index is 0.148. The fourth-order valence-electron chi connectivity index (χ4n) is 6.79. The molecule has 2 fully saturated rings. The van der Waals surface area contributed by atoms with Gasteiger partial charge in [0.2, 0.25) is 0 Å². The number of esters is 1. The third-order valence-electron chi connectivity index (χ3n) is 9.08. The molecule has 3 aromatic rings. The summed E-state index contributed by atoms with van der Waals surface area (Å²) in [5.74, 6) is -2.50. The van der Waals surface area contributed by atoms with Crippen molar-refractivity contribution in [3.63, 3.8) is 0 Å². The highest BCUT2D eigenvalue weighted by atomic mass is 19.3. The summed E-state index contributed by atoms with van der Waals surface area (Å²) in [6, 6.07) is 8.02. The summed E-state index contributed by atoms with van der Waals surface area (Å²) < 4.78 is 38.2. The number of rotatable bonds is 8. The number of nitrogens with zero attached hydrogens (tertiary/aromatic N) is 6. The lowest BCUT2D eigenvalue weighted by Crippen LogP contribution is -2.70. The molecule has 0 amide bonds. The molecule has 11 heteroatoms. The number of ether oxygens (including phenoxy) is 1. The van der Waals surface area contributed by atoms with Crippen LogP contribution in [0, 0.1) is 19.3 Å². The van der Waals surface area contributed by atoms with E-state index in [2.05, 4.69) is 21.5 Å². The van der Waals surface area contributed by atoms with Crippen LogP contribution in [-0.4, -0.2) is 87.8 Å². The monoisotopic (exact) mass is 579 g/mol. The molecule has 224 valence electrons. The number of pyridine rings is 2. The highest BCUT2D eigenvalue weighted by molar-refractivity contribution is 5.70. The Labute approximate surface area is 245 Å². The van der Waals surface area contributed by atoms with Crippen molar-refractivity contribution < 1.29 is 18.3 Å². The molecule has 0 saturated carbocycles. The summed E-state index contributed by atoms with van der Waals surface area (Å²) in [5.41, 5.74) is 4.52. The van der Waals surface area contributed by atoms with Gasteiger partial charge in [0.05, 0.1) is 48.8 Å². The number of carbonyl (C=O) groups is 1. The number of aromatic nitrogens is 4. The van der Waals surface area contributed by atoms with Crippen molar-refractivity contribution in [2.45, 2.75) is 57.9 Å². The molecule has 1 atom stereocenters. The summed E-state index contributed by atoms with van der Waals surface area (Å²) in [6.07, 6.45) is 6.15. The maximum Gasteiger partial charge on any atom is 0.306 e. The van der Waals surface area contributed by atoms with Crippen LogP contribution in [0.2, 0.25) is 0 Å². The molecule has 9 nitrogen and oxygen atoms in total. The number of carbonyl (C=O) groups excluding carboxylic acids is 1. The highest BCUT2D eigenvalue weighted by Crippen LogP contribution is 2.50. The van der Waals surface area contributed by atoms with Crippen LogP contribution in [0.25, 0.3) is 5.69 Å². The Kier molecular flexibility index (Phi) is 7.74. The van der Waals surface area contributed by atoms with Gasteiger partial charge in [0.25, 0.3) is 5.92 Å². The molecule has 3 aliphatic heterocycles. The van der Waals surface area contributed by atoms with Crippen LogP contribution in [0.3, 0.4) is 0 Å². The molecule has 42 heavy (non-hydrogen) atoms. The highest BCUT2D eigenvalue weighted by Gasteiger charge is 2.62. The fourth-order valence-corrected chi connectivity index (χ4v) is 6.79. The Morgan fingerprint density at radius 2 is 1.98 bits per heavy atom. The van der Waals surface area contributed by atoms with Crippen molar-refractivity contribution in [2.24, 2.45) is 5.41 Å². The van der Waals surface area contributed by atoms with E-state index in [0.717, 1.165) is 53.5 Å². The van der Waals surface area contributed by atoms with Gasteiger partial charge in [-0.15, -0.1) is 0 Å². The molecule has 3 aliphatic rings. The predicted octanol–water partition coefficient (Wildman–Crippen LogP) is 4.13. The summed E-state index contributed by atoms with van der Waals surface area (Å²) in [5, 5.41) is 7.88. The van der Waals surface area contributed by atoms with Crippen molar-refractivity contribution in [1.29, 1.82) is 0 Å². The van der Waals surface area contributed by atoms with E-state index < -0.39 is 11.3 Å². The molecule has 1 N–H and O–H groups in total. The van der Waals surface area contributed by atoms with Gasteiger partial charge in [-0.3, -0.25) is 14.7 Å². The molecule has 0 radical (unpaired) electrons. The maximum atomic E-state index is 15.7. The van der Waals surface area contributed by atoms with Crippen molar-refractivity contribution in [3.05, 3.63) is 64.9 Å². The van der Waals surface area contributed by atoms with E-state index in [0.29, 0.717) is 39.1 Å².